The monoisotopic (exact) mass is 502 g/mol. The zero-order valence-electron chi connectivity index (χ0n) is 19.4. The summed E-state index contributed by atoms with van der Waals surface area (Å²) >= 11 is 6.14. The van der Waals surface area contributed by atoms with Gasteiger partial charge >= 0.3 is 5.91 Å². The summed E-state index contributed by atoms with van der Waals surface area (Å²) in [6.07, 6.45) is 3.69. The van der Waals surface area contributed by atoms with Crippen LogP contribution in [0.4, 0.5) is 10.1 Å². The molecule has 36 heavy (non-hydrogen) atoms. The van der Waals surface area contributed by atoms with E-state index in [1.807, 2.05) is 13.0 Å². The van der Waals surface area contributed by atoms with Gasteiger partial charge in [-0.3, -0.25) is 9.59 Å². The summed E-state index contributed by atoms with van der Waals surface area (Å²) in [6.45, 7) is 3.66. The first kappa shape index (κ1) is 23.4. The molecule has 0 atom stereocenters. The highest BCUT2D eigenvalue weighted by atomic mass is 35.5. The van der Waals surface area contributed by atoms with E-state index in [9.17, 15) is 19.1 Å². The molecular weight excluding hydrogens is 483 g/mol. The van der Waals surface area contributed by atoms with Crippen LogP contribution in [0.15, 0.2) is 73.1 Å². The molecular formula is C27H20ClFN4O3. The summed E-state index contributed by atoms with van der Waals surface area (Å²) in [5.74, 6) is -2.28. The number of aromatic nitrogens is 3. The van der Waals surface area contributed by atoms with Gasteiger partial charge in [-0.05, 0) is 67.8 Å². The molecule has 2 aromatic carbocycles. The third-order valence-corrected chi connectivity index (χ3v) is 6.14. The van der Waals surface area contributed by atoms with Crippen LogP contribution in [0.2, 0.25) is 5.02 Å². The van der Waals surface area contributed by atoms with Crippen molar-refractivity contribution in [3.8, 4) is 11.6 Å². The molecule has 0 saturated carbocycles. The summed E-state index contributed by atoms with van der Waals surface area (Å²) in [4.78, 5) is 28.6. The number of amides is 2. The van der Waals surface area contributed by atoms with E-state index in [4.69, 9.17) is 11.6 Å². The van der Waals surface area contributed by atoms with Gasteiger partial charge in [0.25, 0.3) is 11.6 Å². The quantitative estimate of drug-likeness (QED) is 0.307. The summed E-state index contributed by atoms with van der Waals surface area (Å²) in [6, 6.07) is 15.3. The van der Waals surface area contributed by atoms with Gasteiger partial charge in [0.05, 0.1) is 17.1 Å². The predicted molar refractivity (Wildman–Crippen MR) is 131 cm³/mol. The maximum atomic E-state index is 13.9. The van der Waals surface area contributed by atoms with Crippen LogP contribution in [0.5, 0.6) is 5.88 Å². The van der Waals surface area contributed by atoms with E-state index in [1.165, 1.54) is 30.3 Å². The number of halogens is 2. The van der Waals surface area contributed by atoms with Gasteiger partial charge in [0.2, 0.25) is 0 Å². The van der Waals surface area contributed by atoms with Crippen molar-refractivity contribution in [1.29, 1.82) is 0 Å². The van der Waals surface area contributed by atoms with Crippen molar-refractivity contribution in [1.82, 2.24) is 9.78 Å². The van der Waals surface area contributed by atoms with Gasteiger partial charge < -0.3 is 5.11 Å². The standard InChI is InChI=1S/C27H20ClFN4O3/c1-3-21-22(26(35)33(30-21)19-11-9-18(29)10-12-19)23-24(31-13-5-6-16(2)15-31)27(36)32(25(23)34)20-8-4-7-17(28)14-20/h4-15H,3H2,1-2H3. The lowest BCUT2D eigenvalue weighted by molar-refractivity contribution is -0.577. The van der Waals surface area contributed by atoms with E-state index in [0.29, 0.717) is 22.8 Å². The minimum Gasteiger partial charge on any atom is -0.858 e. The van der Waals surface area contributed by atoms with Crippen LogP contribution in [0.25, 0.3) is 17.0 Å². The SMILES string of the molecule is CCc1nn(-c2ccc(F)cc2)c([O-])c1C1=C([n+]2cccc(C)c2)C(=O)N(c2cccc(Cl)c2)C1=O. The summed E-state index contributed by atoms with van der Waals surface area (Å²) in [7, 11) is 0. The van der Waals surface area contributed by atoms with Crippen LogP contribution >= 0.6 is 11.6 Å². The molecule has 0 fully saturated rings. The lowest BCUT2D eigenvalue weighted by Crippen LogP contribution is -2.39. The number of anilines is 1. The number of hydrogen-bond acceptors (Lipinski definition) is 4. The van der Waals surface area contributed by atoms with Crippen LogP contribution in [-0.2, 0) is 16.0 Å². The molecule has 9 heteroatoms. The molecule has 0 aliphatic carbocycles. The van der Waals surface area contributed by atoms with Gasteiger partial charge in [-0.15, -0.1) is 0 Å². The number of hydrogen-bond donors (Lipinski definition) is 0. The molecule has 0 N–H and O–H groups in total. The third kappa shape index (κ3) is 3.85. The van der Waals surface area contributed by atoms with Crippen molar-refractivity contribution >= 4 is 40.4 Å². The van der Waals surface area contributed by atoms with Crippen LogP contribution < -0.4 is 14.6 Å². The molecule has 7 nitrogen and oxygen atoms in total. The fraction of sp³-hybridized carbons (Fsp3) is 0.111. The van der Waals surface area contributed by atoms with Gasteiger partial charge in [0, 0.05) is 22.2 Å². The number of imide groups is 1. The van der Waals surface area contributed by atoms with E-state index in [-0.39, 0.29) is 22.5 Å². The largest absolute Gasteiger partial charge is 0.858 e. The van der Waals surface area contributed by atoms with Crippen molar-refractivity contribution in [2.24, 2.45) is 0 Å². The average Bonchev–Trinajstić information content (AvgIpc) is 3.31. The molecule has 1 aliphatic heterocycles. The lowest BCUT2D eigenvalue weighted by Gasteiger charge is -2.16. The van der Waals surface area contributed by atoms with Gasteiger partial charge in [-0.2, -0.15) is 9.67 Å². The second-order valence-electron chi connectivity index (χ2n) is 8.31. The number of benzene rings is 2. The van der Waals surface area contributed by atoms with Crippen molar-refractivity contribution in [3.63, 3.8) is 0 Å². The molecule has 5 rings (SSSR count). The van der Waals surface area contributed by atoms with Gasteiger partial charge in [-0.1, -0.05) is 24.6 Å². The van der Waals surface area contributed by atoms with E-state index in [0.717, 1.165) is 15.1 Å². The molecule has 2 aromatic heterocycles. The molecule has 180 valence electrons. The first-order valence-corrected chi connectivity index (χ1v) is 11.6. The molecule has 4 aromatic rings. The topological polar surface area (TPSA) is 82.1 Å². The van der Waals surface area contributed by atoms with Gasteiger partial charge in [0.15, 0.2) is 12.4 Å². The van der Waals surface area contributed by atoms with E-state index in [2.05, 4.69) is 5.10 Å². The minimum atomic E-state index is -0.656. The highest BCUT2D eigenvalue weighted by Crippen LogP contribution is 2.39. The highest BCUT2D eigenvalue weighted by Gasteiger charge is 2.47. The molecule has 3 heterocycles. The minimum absolute atomic E-state index is 0.0358. The summed E-state index contributed by atoms with van der Waals surface area (Å²) < 4.78 is 16.2. The Morgan fingerprint density at radius 2 is 1.78 bits per heavy atom. The lowest BCUT2D eigenvalue weighted by atomic mass is 10.0. The number of aryl methyl sites for hydroxylation is 2. The number of pyridine rings is 1. The maximum absolute atomic E-state index is 13.9. The van der Waals surface area contributed by atoms with E-state index in [1.54, 1.807) is 48.1 Å². The predicted octanol–water partition coefficient (Wildman–Crippen LogP) is 3.84. The Hall–Kier alpha value is -4.30. The number of carbonyl (C=O) groups excluding carboxylic acids is 2. The number of rotatable bonds is 5. The third-order valence-electron chi connectivity index (χ3n) is 5.90. The molecule has 0 unspecified atom stereocenters. The van der Waals surface area contributed by atoms with E-state index < -0.39 is 23.5 Å². The van der Waals surface area contributed by atoms with Crippen molar-refractivity contribution in [3.05, 3.63) is 101 Å². The summed E-state index contributed by atoms with van der Waals surface area (Å²) in [5, 5.41) is 18.5. The normalized spacial score (nSPS) is 13.7. The molecule has 2 amide bonds. The molecule has 0 saturated heterocycles. The van der Waals surface area contributed by atoms with Crippen molar-refractivity contribution in [2.75, 3.05) is 4.90 Å². The molecule has 0 radical (unpaired) electrons. The Balaban J connectivity index is 1.77. The van der Waals surface area contributed by atoms with E-state index >= 15 is 0 Å². The second kappa shape index (κ2) is 9.05. The molecule has 1 aliphatic rings. The number of carbonyl (C=O) groups is 2. The van der Waals surface area contributed by atoms with Crippen LogP contribution in [0.3, 0.4) is 0 Å². The van der Waals surface area contributed by atoms with Crippen LogP contribution in [0, 0.1) is 12.7 Å². The van der Waals surface area contributed by atoms with Gasteiger partial charge in [-0.25, -0.2) is 14.0 Å². The Morgan fingerprint density at radius 3 is 2.44 bits per heavy atom. The highest BCUT2D eigenvalue weighted by molar-refractivity contribution is 6.53. The smallest absolute Gasteiger partial charge is 0.331 e. The first-order chi connectivity index (χ1) is 17.3. The fourth-order valence-electron chi connectivity index (χ4n) is 4.27. The van der Waals surface area contributed by atoms with Crippen molar-refractivity contribution < 1.29 is 23.7 Å². The van der Waals surface area contributed by atoms with Crippen molar-refractivity contribution in [2.45, 2.75) is 20.3 Å². The zero-order chi connectivity index (χ0) is 25.6. The second-order valence-corrected chi connectivity index (χ2v) is 8.74. The Bertz CT molecular complexity index is 1560. The fourth-order valence-corrected chi connectivity index (χ4v) is 4.45. The zero-order valence-corrected chi connectivity index (χ0v) is 20.2. The van der Waals surface area contributed by atoms with Crippen LogP contribution in [0.1, 0.15) is 23.7 Å². The molecule has 0 bridgehead atoms. The Labute approximate surface area is 211 Å². The van der Waals surface area contributed by atoms with Gasteiger partial charge in [0.1, 0.15) is 11.4 Å². The summed E-state index contributed by atoms with van der Waals surface area (Å²) in [5.41, 5.74) is 1.85. The van der Waals surface area contributed by atoms with Crippen LogP contribution in [-0.4, -0.2) is 21.6 Å². The maximum Gasteiger partial charge on any atom is 0.331 e. The molecule has 0 spiro atoms. The number of nitrogens with zero attached hydrogens (tertiary/aromatic N) is 4. The average molecular weight is 503 g/mol. The first-order valence-electron chi connectivity index (χ1n) is 11.2. The Kier molecular flexibility index (Phi) is 5.89. The Morgan fingerprint density at radius 1 is 1.03 bits per heavy atom.